The molecule has 2 rings (SSSR count). The van der Waals surface area contributed by atoms with Crippen LogP contribution in [-0.2, 0) is 0 Å². The second-order valence-corrected chi connectivity index (χ2v) is 5.78. The van der Waals surface area contributed by atoms with Crippen LogP contribution in [0, 0.1) is 12.7 Å². The van der Waals surface area contributed by atoms with Crippen LogP contribution >= 0.6 is 11.8 Å². The van der Waals surface area contributed by atoms with Crippen molar-refractivity contribution >= 4 is 11.8 Å². The molecule has 0 saturated carbocycles. The number of nitrogens with two attached hydrogens (primary N) is 1. The topological polar surface area (TPSA) is 26.0 Å². The Morgan fingerprint density at radius 1 is 1.44 bits per heavy atom. The van der Waals surface area contributed by atoms with Crippen molar-refractivity contribution in [3.05, 3.63) is 35.1 Å². The van der Waals surface area contributed by atoms with E-state index in [2.05, 4.69) is 0 Å². The van der Waals surface area contributed by atoms with Gasteiger partial charge >= 0.3 is 0 Å². The fraction of sp³-hybridized carbons (Fsp3) is 0.538. The molecule has 3 heteroatoms. The first-order chi connectivity index (χ1) is 7.68. The van der Waals surface area contributed by atoms with Gasteiger partial charge in [0.15, 0.2) is 0 Å². The number of rotatable bonds is 2. The van der Waals surface area contributed by atoms with Crippen molar-refractivity contribution in [3.8, 4) is 0 Å². The number of hydrogen-bond acceptors (Lipinski definition) is 2. The van der Waals surface area contributed by atoms with Crippen LogP contribution in [0.3, 0.4) is 0 Å². The lowest BCUT2D eigenvalue weighted by atomic mass is 9.96. The molecule has 2 N–H and O–H groups in total. The second kappa shape index (κ2) is 5.19. The van der Waals surface area contributed by atoms with E-state index in [-0.39, 0.29) is 11.9 Å². The highest BCUT2D eigenvalue weighted by molar-refractivity contribution is 8.00. The first kappa shape index (κ1) is 11.9. The number of aryl methyl sites for hydroxylation is 1. The van der Waals surface area contributed by atoms with E-state index >= 15 is 0 Å². The molecule has 1 saturated heterocycles. The zero-order valence-electron chi connectivity index (χ0n) is 9.58. The Hall–Kier alpha value is -0.540. The van der Waals surface area contributed by atoms with E-state index in [0.717, 1.165) is 11.1 Å². The highest BCUT2D eigenvalue weighted by Gasteiger charge is 2.23. The van der Waals surface area contributed by atoms with Crippen LogP contribution in [0.4, 0.5) is 4.39 Å². The Morgan fingerprint density at radius 3 is 2.88 bits per heavy atom. The quantitative estimate of drug-likeness (QED) is 0.855. The van der Waals surface area contributed by atoms with Crippen LogP contribution in [0.1, 0.15) is 36.4 Å². The molecule has 0 bridgehead atoms. The molecule has 0 amide bonds. The Labute approximate surface area is 101 Å². The zero-order valence-corrected chi connectivity index (χ0v) is 10.4. The summed E-state index contributed by atoms with van der Waals surface area (Å²) in [7, 11) is 0. The lowest BCUT2D eigenvalue weighted by molar-refractivity contribution is 0.576. The van der Waals surface area contributed by atoms with Gasteiger partial charge in [-0.15, -0.1) is 0 Å². The van der Waals surface area contributed by atoms with Crippen molar-refractivity contribution in [2.75, 3.05) is 5.75 Å². The second-order valence-electron chi connectivity index (χ2n) is 4.43. The number of hydrogen-bond donors (Lipinski definition) is 1. The van der Waals surface area contributed by atoms with Crippen LogP contribution in [0.25, 0.3) is 0 Å². The molecule has 1 aliphatic heterocycles. The molecule has 1 aliphatic rings. The molecular weight excluding hydrogens is 221 g/mol. The zero-order chi connectivity index (χ0) is 11.5. The fourth-order valence-electron chi connectivity index (χ4n) is 2.26. The van der Waals surface area contributed by atoms with E-state index in [4.69, 9.17) is 5.73 Å². The molecule has 1 aromatic rings. The Morgan fingerprint density at radius 2 is 2.25 bits per heavy atom. The minimum atomic E-state index is -0.176. The molecule has 88 valence electrons. The van der Waals surface area contributed by atoms with Gasteiger partial charge < -0.3 is 5.73 Å². The molecule has 0 aromatic heterocycles. The smallest absolute Gasteiger partial charge is 0.123 e. The minimum absolute atomic E-state index is 0.0471. The van der Waals surface area contributed by atoms with Crippen LogP contribution in [0.2, 0.25) is 0 Å². The largest absolute Gasteiger partial charge is 0.323 e. The lowest BCUT2D eigenvalue weighted by Crippen LogP contribution is -2.26. The van der Waals surface area contributed by atoms with Crippen molar-refractivity contribution < 1.29 is 4.39 Å². The van der Waals surface area contributed by atoms with Crippen LogP contribution in [-0.4, -0.2) is 11.0 Å². The first-order valence-corrected chi connectivity index (χ1v) is 6.86. The van der Waals surface area contributed by atoms with Crippen LogP contribution in [0.15, 0.2) is 18.2 Å². The predicted octanol–water partition coefficient (Wildman–Crippen LogP) is 3.42. The minimum Gasteiger partial charge on any atom is -0.323 e. The first-order valence-electron chi connectivity index (χ1n) is 5.81. The molecule has 0 aliphatic carbocycles. The van der Waals surface area contributed by atoms with Gasteiger partial charge in [-0.1, -0.05) is 12.5 Å². The molecule has 0 radical (unpaired) electrons. The number of thioether (sulfide) groups is 1. The molecular formula is C13H18FNS. The number of benzene rings is 1. The summed E-state index contributed by atoms with van der Waals surface area (Å²) in [5.74, 6) is 1.03. The fourth-order valence-corrected chi connectivity index (χ4v) is 3.62. The highest BCUT2D eigenvalue weighted by atomic mass is 32.2. The summed E-state index contributed by atoms with van der Waals surface area (Å²) in [4.78, 5) is 0. The molecule has 2 unspecified atom stereocenters. The third-order valence-electron chi connectivity index (χ3n) is 3.21. The number of halogens is 1. The van der Waals surface area contributed by atoms with E-state index in [9.17, 15) is 4.39 Å². The van der Waals surface area contributed by atoms with Gasteiger partial charge in [-0.2, -0.15) is 11.8 Å². The van der Waals surface area contributed by atoms with Crippen molar-refractivity contribution in [2.45, 2.75) is 37.5 Å². The summed E-state index contributed by atoms with van der Waals surface area (Å²) in [5.41, 5.74) is 8.35. The summed E-state index contributed by atoms with van der Waals surface area (Å²) >= 11 is 1.96. The van der Waals surface area contributed by atoms with Crippen molar-refractivity contribution in [3.63, 3.8) is 0 Å². The maximum Gasteiger partial charge on any atom is 0.123 e. The van der Waals surface area contributed by atoms with Crippen LogP contribution < -0.4 is 5.73 Å². The maximum atomic E-state index is 13.0. The standard InChI is InChI=1S/C13H18FNS/c1-9-8-10(14)5-6-11(9)13(15)12-4-2-3-7-16-12/h5-6,8,12-13H,2-4,7,15H2,1H3. The van der Waals surface area contributed by atoms with Gasteiger partial charge in [0, 0.05) is 11.3 Å². The third kappa shape index (κ3) is 2.58. The maximum absolute atomic E-state index is 13.0. The molecule has 1 heterocycles. The SMILES string of the molecule is Cc1cc(F)ccc1C(N)C1CCCCS1. The van der Waals surface area contributed by atoms with Crippen molar-refractivity contribution in [1.82, 2.24) is 0 Å². The van der Waals surface area contributed by atoms with E-state index in [1.165, 1.54) is 31.1 Å². The van der Waals surface area contributed by atoms with Gasteiger partial charge in [0.1, 0.15) is 5.82 Å². The van der Waals surface area contributed by atoms with E-state index in [0.29, 0.717) is 5.25 Å². The molecule has 1 fully saturated rings. The van der Waals surface area contributed by atoms with Crippen LogP contribution in [0.5, 0.6) is 0 Å². The summed E-state index contributed by atoms with van der Waals surface area (Å²) in [6.45, 7) is 1.94. The predicted molar refractivity (Wildman–Crippen MR) is 68.2 cm³/mol. The van der Waals surface area contributed by atoms with Gasteiger partial charge in [0.2, 0.25) is 0 Å². The van der Waals surface area contributed by atoms with E-state index in [1.807, 2.05) is 24.8 Å². The highest BCUT2D eigenvalue weighted by Crippen LogP contribution is 2.34. The lowest BCUT2D eigenvalue weighted by Gasteiger charge is -2.28. The van der Waals surface area contributed by atoms with E-state index < -0.39 is 0 Å². The summed E-state index contributed by atoms with van der Waals surface area (Å²) in [6.07, 6.45) is 3.75. The monoisotopic (exact) mass is 239 g/mol. The molecule has 16 heavy (non-hydrogen) atoms. The summed E-state index contributed by atoms with van der Waals surface area (Å²) in [6, 6.07) is 4.97. The average molecular weight is 239 g/mol. The molecule has 1 aromatic carbocycles. The average Bonchev–Trinajstić information content (AvgIpc) is 2.29. The van der Waals surface area contributed by atoms with E-state index in [1.54, 1.807) is 6.07 Å². The Kier molecular flexibility index (Phi) is 3.87. The molecule has 1 nitrogen and oxygen atoms in total. The van der Waals surface area contributed by atoms with Gasteiger partial charge in [0.25, 0.3) is 0 Å². The summed E-state index contributed by atoms with van der Waals surface area (Å²) in [5, 5.41) is 0.498. The van der Waals surface area contributed by atoms with Gasteiger partial charge in [-0.3, -0.25) is 0 Å². The Bertz CT molecular complexity index is 361. The van der Waals surface area contributed by atoms with Crippen molar-refractivity contribution in [2.24, 2.45) is 5.73 Å². The Balaban J connectivity index is 2.15. The summed E-state index contributed by atoms with van der Waals surface area (Å²) < 4.78 is 13.0. The van der Waals surface area contributed by atoms with Crippen molar-refractivity contribution in [1.29, 1.82) is 0 Å². The normalized spacial score (nSPS) is 23.1. The van der Waals surface area contributed by atoms with Gasteiger partial charge in [-0.05, 0) is 48.8 Å². The molecule has 0 spiro atoms. The molecule has 2 atom stereocenters. The van der Waals surface area contributed by atoms with Gasteiger partial charge in [0.05, 0.1) is 0 Å². The van der Waals surface area contributed by atoms with Gasteiger partial charge in [-0.25, -0.2) is 4.39 Å². The third-order valence-corrected chi connectivity index (χ3v) is 4.69.